The van der Waals surface area contributed by atoms with Gasteiger partial charge >= 0.3 is 0 Å². The smallest absolute Gasteiger partial charge is 0.0793 e. The summed E-state index contributed by atoms with van der Waals surface area (Å²) in [6.45, 7) is 2.33. The third-order valence-corrected chi connectivity index (χ3v) is 5.56. The Labute approximate surface area is 142 Å². The van der Waals surface area contributed by atoms with Gasteiger partial charge in [0.15, 0.2) is 0 Å². The molecule has 3 heteroatoms. The Morgan fingerprint density at radius 3 is 2.92 bits per heavy atom. The second-order valence-corrected chi connectivity index (χ2v) is 7.05. The van der Waals surface area contributed by atoms with Gasteiger partial charge in [-0.25, -0.2) is 0 Å². The molecule has 2 N–H and O–H groups in total. The van der Waals surface area contributed by atoms with Crippen LogP contribution < -0.4 is 5.32 Å². The highest BCUT2D eigenvalue weighted by molar-refractivity contribution is 5.91. The third-order valence-electron chi connectivity index (χ3n) is 5.56. The molecule has 2 aromatic carbocycles. The van der Waals surface area contributed by atoms with Crippen LogP contribution in [0.3, 0.4) is 0 Å². The number of nitrogens with zero attached hydrogens (tertiary/aromatic N) is 1. The van der Waals surface area contributed by atoms with Gasteiger partial charge in [0.05, 0.1) is 6.17 Å². The van der Waals surface area contributed by atoms with Crippen molar-refractivity contribution in [2.45, 2.75) is 31.8 Å². The number of nitrogens with one attached hydrogen (secondary N) is 2. The normalized spacial score (nSPS) is 20.9. The van der Waals surface area contributed by atoms with Crippen LogP contribution >= 0.6 is 0 Å². The van der Waals surface area contributed by atoms with E-state index in [1.165, 1.54) is 59.2 Å². The number of aromatic nitrogens is 1. The number of fused-ring (bicyclic) bond motifs is 7. The van der Waals surface area contributed by atoms with E-state index in [-0.39, 0.29) is 0 Å². The van der Waals surface area contributed by atoms with Crippen LogP contribution in [0.1, 0.15) is 24.8 Å². The molecule has 1 aromatic heterocycles. The Balaban J connectivity index is 1.68. The molecular weight excluding hydrogens is 294 g/mol. The van der Waals surface area contributed by atoms with Crippen LogP contribution in [0.15, 0.2) is 48.5 Å². The van der Waals surface area contributed by atoms with Crippen molar-refractivity contribution in [3.05, 3.63) is 54.1 Å². The molecule has 5 rings (SSSR count). The maximum Gasteiger partial charge on any atom is 0.0793 e. The van der Waals surface area contributed by atoms with Gasteiger partial charge in [-0.1, -0.05) is 30.3 Å². The minimum absolute atomic E-state index is 0.473. The van der Waals surface area contributed by atoms with Gasteiger partial charge in [-0.05, 0) is 49.4 Å². The van der Waals surface area contributed by atoms with Crippen LogP contribution in [0.4, 0.5) is 5.69 Å². The van der Waals surface area contributed by atoms with E-state index in [4.69, 9.17) is 0 Å². The summed E-state index contributed by atoms with van der Waals surface area (Å²) in [6.07, 6.45) is 5.46. The molecule has 1 atom stereocenters. The van der Waals surface area contributed by atoms with Gasteiger partial charge in [0.1, 0.15) is 0 Å². The number of hydrogen-bond acceptors (Lipinski definition) is 2. The fourth-order valence-electron chi connectivity index (χ4n) is 4.34. The number of rotatable bonds is 0. The highest BCUT2D eigenvalue weighted by atomic mass is 15.3. The van der Waals surface area contributed by atoms with Crippen molar-refractivity contribution >= 4 is 16.6 Å². The van der Waals surface area contributed by atoms with E-state index in [1.807, 2.05) is 0 Å². The van der Waals surface area contributed by atoms with E-state index in [9.17, 15) is 0 Å². The van der Waals surface area contributed by atoms with E-state index >= 15 is 0 Å². The molecular formula is C21H23N3. The Hall–Kier alpha value is -2.26. The lowest BCUT2D eigenvalue weighted by molar-refractivity contribution is 0.169. The van der Waals surface area contributed by atoms with Crippen molar-refractivity contribution in [3.8, 4) is 11.3 Å². The summed E-state index contributed by atoms with van der Waals surface area (Å²) in [5.41, 5.74) is 6.52. The maximum atomic E-state index is 3.77. The van der Waals surface area contributed by atoms with Gasteiger partial charge in [-0.2, -0.15) is 0 Å². The summed E-state index contributed by atoms with van der Waals surface area (Å²) in [5.74, 6) is 0. The van der Waals surface area contributed by atoms with Gasteiger partial charge in [0.25, 0.3) is 0 Å². The van der Waals surface area contributed by atoms with Crippen molar-refractivity contribution in [1.29, 1.82) is 0 Å². The highest BCUT2D eigenvalue weighted by Gasteiger charge is 2.24. The van der Waals surface area contributed by atoms with Crippen molar-refractivity contribution in [1.82, 2.24) is 9.88 Å². The Morgan fingerprint density at radius 1 is 0.958 bits per heavy atom. The number of H-pyrrole nitrogens is 1. The summed E-state index contributed by atoms with van der Waals surface area (Å²) >= 11 is 0. The molecule has 0 saturated carbocycles. The molecule has 0 aliphatic carbocycles. The fraction of sp³-hybridized carbons (Fsp3) is 0.333. The highest BCUT2D eigenvalue weighted by Crippen LogP contribution is 2.34. The molecule has 24 heavy (non-hydrogen) atoms. The first-order valence-electron chi connectivity index (χ1n) is 9.09. The molecule has 0 radical (unpaired) electrons. The van der Waals surface area contributed by atoms with Crippen molar-refractivity contribution in [3.63, 3.8) is 0 Å². The largest absolute Gasteiger partial charge is 0.370 e. The minimum atomic E-state index is 0.473. The van der Waals surface area contributed by atoms with Gasteiger partial charge in [-0.3, -0.25) is 4.90 Å². The number of benzene rings is 2. The first-order valence-corrected chi connectivity index (χ1v) is 9.09. The molecule has 2 aliphatic heterocycles. The van der Waals surface area contributed by atoms with E-state index in [1.54, 1.807) is 0 Å². The Bertz CT molecular complexity index is 880. The number of para-hydroxylation sites is 1. The Morgan fingerprint density at radius 2 is 1.92 bits per heavy atom. The van der Waals surface area contributed by atoms with Crippen LogP contribution in [-0.2, 0) is 6.42 Å². The molecule has 3 aromatic rings. The van der Waals surface area contributed by atoms with Gasteiger partial charge in [0.2, 0.25) is 0 Å². The van der Waals surface area contributed by atoms with Crippen LogP contribution in [0.5, 0.6) is 0 Å². The van der Waals surface area contributed by atoms with Crippen LogP contribution in [-0.4, -0.2) is 29.1 Å². The van der Waals surface area contributed by atoms with Crippen LogP contribution in [0.2, 0.25) is 0 Å². The van der Waals surface area contributed by atoms with E-state index in [0.717, 1.165) is 13.0 Å². The zero-order valence-corrected chi connectivity index (χ0v) is 13.9. The molecule has 2 bridgehead atoms. The summed E-state index contributed by atoms with van der Waals surface area (Å²) < 4.78 is 0. The average Bonchev–Trinajstić information content (AvgIpc) is 3.00. The second-order valence-electron chi connectivity index (χ2n) is 7.05. The standard InChI is InChI=1S/C21H23N3/c1-2-9-19-17(8-1)18-11-13-24-12-4-3-10-20(24)22-16-7-5-6-15(14-16)21(18)23-19/h1-2,5-9,14,20,22-23H,3-4,10-13H2. The summed E-state index contributed by atoms with van der Waals surface area (Å²) in [6, 6.07) is 17.6. The SMILES string of the molecule is c1cc2cc(c1)-c1[nH]c3ccccc3c1CCN1CCCCC1N2. The third kappa shape index (κ3) is 2.31. The number of piperidine rings is 1. The molecule has 0 spiro atoms. The lowest BCUT2D eigenvalue weighted by Gasteiger charge is -2.37. The lowest BCUT2D eigenvalue weighted by Crippen LogP contribution is -2.45. The summed E-state index contributed by atoms with van der Waals surface area (Å²) in [7, 11) is 0. The lowest BCUT2D eigenvalue weighted by atomic mass is 9.99. The average molecular weight is 317 g/mol. The summed E-state index contributed by atoms with van der Waals surface area (Å²) in [5, 5.41) is 5.14. The summed E-state index contributed by atoms with van der Waals surface area (Å²) in [4.78, 5) is 6.30. The Kier molecular flexibility index (Phi) is 3.34. The minimum Gasteiger partial charge on any atom is -0.370 e. The van der Waals surface area contributed by atoms with Crippen LogP contribution in [0, 0.1) is 0 Å². The first kappa shape index (κ1) is 14.1. The predicted molar refractivity (Wildman–Crippen MR) is 100 cm³/mol. The molecule has 1 fully saturated rings. The molecule has 0 amide bonds. The molecule has 3 nitrogen and oxygen atoms in total. The molecule has 122 valence electrons. The van der Waals surface area contributed by atoms with E-state index in [0.29, 0.717) is 6.17 Å². The molecule has 1 saturated heterocycles. The molecule has 3 heterocycles. The second kappa shape index (κ2) is 5.67. The monoisotopic (exact) mass is 317 g/mol. The zero-order chi connectivity index (χ0) is 15.9. The number of anilines is 1. The number of hydrogen-bond donors (Lipinski definition) is 2. The molecule has 2 aliphatic rings. The van der Waals surface area contributed by atoms with Crippen molar-refractivity contribution in [2.75, 3.05) is 18.4 Å². The van der Waals surface area contributed by atoms with Crippen LogP contribution in [0.25, 0.3) is 22.2 Å². The first-order chi connectivity index (χ1) is 11.9. The van der Waals surface area contributed by atoms with Crippen molar-refractivity contribution in [2.24, 2.45) is 0 Å². The van der Waals surface area contributed by atoms with Gasteiger partial charge < -0.3 is 10.3 Å². The van der Waals surface area contributed by atoms with E-state index < -0.39 is 0 Å². The quantitative estimate of drug-likeness (QED) is 0.634. The number of aromatic amines is 1. The molecule has 1 unspecified atom stereocenters. The predicted octanol–water partition coefficient (Wildman–Crippen LogP) is 4.61. The topological polar surface area (TPSA) is 31.1 Å². The van der Waals surface area contributed by atoms with E-state index in [2.05, 4.69) is 63.7 Å². The van der Waals surface area contributed by atoms with Crippen molar-refractivity contribution < 1.29 is 0 Å². The van der Waals surface area contributed by atoms with Gasteiger partial charge in [0, 0.05) is 40.9 Å². The van der Waals surface area contributed by atoms with Gasteiger partial charge in [-0.15, -0.1) is 0 Å². The fourth-order valence-corrected chi connectivity index (χ4v) is 4.34. The zero-order valence-electron chi connectivity index (χ0n) is 13.9. The maximum absolute atomic E-state index is 3.77.